The summed E-state index contributed by atoms with van der Waals surface area (Å²) in [5.41, 5.74) is -1.11. The molecule has 466 valence electrons. The third kappa shape index (κ3) is 95.3. The summed E-state index contributed by atoms with van der Waals surface area (Å²) in [6, 6.07) is 0. The molecule has 0 fully saturated rings. The van der Waals surface area contributed by atoms with E-state index in [9.17, 15) is 47.9 Å². The Hall–Kier alpha value is -5.46. The lowest BCUT2D eigenvalue weighted by atomic mass is 9.93. The Balaban J connectivity index is -0.000000203. The molecule has 0 aliphatic carbocycles. The van der Waals surface area contributed by atoms with Crippen molar-refractivity contribution < 1.29 is 119 Å². The number of aliphatic hydroxyl groups is 4. The summed E-state index contributed by atoms with van der Waals surface area (Å²) < 4.78 is 0. The highest BCUT2D eigenvalue weighted by atomic mass is 16.4. The zero-order valence-electron chi connectivity index (χ0n) is 47.0. The molecule has 79 heavy (non-hydrogen) atoms. The van der Waals surface area contributed by atoms with Crippen LogP contribution < -0.4 is 0 Å². The maximum atomic E-state index is 10.1. The molecule has 0 unspecified atom stereocenters. The number of unbranched alkanes of at least 4 members (excludes halogenated alkanes) is 25. The smallest absolute Gasteiger partial charge is 0.303 e. The number of carbonyl (C=O) groups is 10. The molecule has 0 aliphatic rings. The van der Waals surface area contributed by atoms with Crippen LogP contribution in [0.2, 0.25) is 0 Å². The summed E-state index contributed by atoms with van der Waals surface area (Å²) in [4.78, 5) is 101. The van der Waals surface area contributed by atoms with Crippen LogP contribution in [0.15, 0.2) is 0 Å². The Morgan fingerprint density at radius 3 is 0.291 bits per heavy atom. The maximum Gasteiger partial charge on any atom is 0.303 e. The first-order valence-corrected chi connectivity index (χ1v) is 28.0. The van der Waals surface area contributed by atoms with E-state index in [1.807, 2.05) is 0 Å². The molecule has 14 N–H and O–H groups in total. The fraction of sp³-hybridized carbons (Fsp3) is 0.818. The van der Waals surface area contributed by atoms with Crippen molar-refractivity contribution in [2.24, 2.45) is 5.41 Å². The number of aliphatic hydroxyl groups excluding tert-OH is 4. The van der Waals surface area contributed by atoms with Crippen LogP contribution in [0.25, 0.3) is 0 Å². The van der Waals surface area contributed by atoms with Crippen LogP contribution >= 0.6 is 0 Å². The highest BCUT2D eigenvalue weighted by Gasteiger charge is 2.26. The summed E-state index contributed by atoms with van der Waals surface area (Å²) in [5, 5.41) is 117. The zero-order valence-corrected chi connectivity index (χ0v) is 47.0. The minimum Gasteiger partial charge on any atom is -0.481 e. The Labute approximate surface area is 466 Å². The lowest BCUT2D eigenvalue weighted by Gasteiger charge is -2.23. The highest BCUT2D eigenvalue weighted by molar-refractivity contribution is 5.69. The predicted molar refractivity (Wildman–Crippen MR) is 292 cm³/mol. The van der Waals surface area contributed by atoms with E-state index in [0.717, 1.165) is 193 Å². The monoisotopic (exact) mass is 1150 g/mol. The molecule has 0 saturated carbocycles. The van der Waals surface area contributed by atoms with Crippen molar-refractivity contribution in [3.8, 4) is 0 Å². The third-order valence-electron chi connectivity index (χ3n) is 11.5. The third-order valence-corrected chi connectivity index (χ3v) is 11.5. The largest absolute Gasteiger partial charge is 0.481 e. The minimum absolute atomic E-state index is 0.245. The van der Waals surface area contributed by atoms with Gasteiger partial charge in [0.2, 0.25) is 0 Å². The molecule has 0 amide bonds. The molecule has 24 nitrogen and oxygen atoms in total. The molecule has 0 aromatic heterocycles. The van der Waals surface area contributed by atoms with Gasteiger partial charge in [-0.25, -0.2) is 0 Å². The molecule has 0 aliphatic heterocycles. The van der Waals surface area contributed by atoms with Gasteiger partial charge < -0.3 is 71.5 Å². The SMILES string of the molecule is O=C(O)CCCCCCCCC(=O)O.O=C(O)CCCCCCCCC(=O)O.O=C(O)CCCCCCCCC(=O)O.O=C(O)CCCCCCCCC(=O)O.O=C(O)CCCCCCCCC(=O)O.OCC(CO)(CO)CO. The number of carboxylic acids is 10. The van der Waals surface area contributed by atoms with Crippen molar-refractivity contribution in [1.29, 1.82) is 0 Å². The fourth-order valence-corrected chi connectivity index (χ4v) is 6.60. The number of hydrogen-bond donors (Lipinski definition) is 14. The summed E-state index contributed by atoms with van der Waals surface area (Å²) >= 11 is 0. The van der Waals surface area contributed by atoms with Crippen molar-refractivity contribution in [3.05, 3.63) is 0 Å². The van der Waals surface area contributed by atoms with Crippen LogP contribution in [0.3, 0.4) is 0 Å². The molecular formula is C55H102O24. The van der Waals surface area contributed by atoms with Crippen molar-refractivity contribution in [1.82, 2.24) is 0 Å². The predicted octanol–water partition coefficient (Wildman–Crippen LogP) is 9.32. The van der Waals surface area contributed by atoms with Crippen LogP contribution in [0.1, 0.15) is 257 Å². The van der Waals surface area contributed by atoms with E-state index in [1.54, 1.807) is 0 Å². The molecule has 0 rings (SSSR count). The standard InChI is InChI=1S/5C10H18O4.C5H12O4/c5*11-9(12)7-5-3-1-2-4-6-8-10(13)14;6-1-5(2-7,3-8)4-9/h5*1-8H2,(H,11,12)(H,13,14);6-9H,1-4H2. The van der Waals surface area contributed by atoms with Gasteiger partial charge in [-0.2, -0.15) is 0 Å². The Kier molecular flexibility index (Phi) is 71.8. The highest BCUT2D eigenvalue weighted by Crippen LogP contribution is 2.14. The molecule has 0 heterocycles. The van der Waals surface area contributed by atoms with E-state index in [4.69, 9.17) is 71.5 Å². The lowest BCUT2D eigenvalue weighted by molar-refractivity contribution is -0.138. The van der Waals surface area contributed by atoms with Gasteiger partial charge in [-0.1, -0.05) is 128 Å². The molecule has 0 radical (unpaired) electrons. The second-order valence-corrected chi connectivity index (χ2v) is 19.2. The summed E-state index contributed by atoms with van der Waals surface area (Å²) in [7, 11) is 0. The quantitative estimate of drug-likeness (QED) is 0.0252. The van der Waals surface area contributed by atoms with Crippen molar-refractivity contribution in [2.75, 3.05) is 26.4 Å². The van der Waals surface area contributed by atoms with Gasteiger partial charge in [-0.3, -0.25) is 47.9 Å². The summed E-state index contributed by atoms with van der Waals surface area (Å²) in [5.74, 6) is -7.40. The molecule has 0 atom stereocenters. The van der Waals surface area contributed by atoms with Crippen LogP contribution in [0.4, 0.5) is 0 Å². The van der Waals surface area contributed by atoms with Gasteiger partial charge in [0, 0.05) is 64.2 Å². The first kappa shape index (κ1) is 84.8. The lowest BCUT2D eigenvalue weighted by Crippen LogP contribution is -2.37. The topological polar surface area (TPSA) is 454 Å². The molecule has 24 heteroatoms. The van der Waals surface area contributed by atoms with Gasteiger partial charge in [0.05, 0.1) is 31.8 Å². The van der Waals surface area contributed by atoms with Crippen molar-refractivity contribution in [3.63, 3.8) is 0 Å². The van der Waals surface area contributed by atoms with Gasteiger partial charge in [0.25, 0.3) is 0 Å². The van der Waals surface area contributed by atoms with Crippen LogP contribution in [-0.2, 0) is 47.9 Å². The van der Waals surface area contributed by atoms with Gasteiger partial charge in [0.1, 0.15) is 0 Å². The van der Waals surface area contributed by atoms with E-state index in [2.05, 4.69) is 0 Å². The van der Waals surface area contributed by atoms with E-state index in [-0.39, 0.29) is 64.2 Å². The molecule has 0 bridgehead atoms. The Bertz CT molecular complexity index is 1170. The first-order chi connectivity index (χ1) is 37.4. The summed E-state index contributed by atoms with van der Waals surface area (Å²) in [6.45, 7) is -1.62. The van der Waals surface area contributed by atoms with E-state index in [1.165, 1.54) is 0 Å². The zero-order chi connectivity index (χ0) is 61.4. The van der Waals surface area contributed by atoms with Crippen LogP contribution in [0, 0.1) is 5.41 Å². The Morgan fingerprint density at radius 2 is 0.241 bits per heavy atom. The number of hydrogen-bond acceptors (Lipinski definition) is 14. The molecule has 0 saturated heterocycles. The second-order valence-electron chi connectivity index (χ2n) is 19.2. The fourth-order valence-electron chi connectivity index (χ4n) is 6.60. The number of rotatable bonds is 49. The molecule has 0 aromatic carbocycles. The maximum absolute atomic E-state index is 10.1. The average Bonchev–Trinajstić information content (AvgIpc) is 3.36. The van der Waals surface area contributed by atoms with Crippen LogP contribution in [-0.4, -0.2) is 158 Å². The first-order valence-electron chi connectivity index (χ1n) is 28.0. The van der Waals surface area contributed by atoms with Crippen molar-refractivity contribution in [2.45, 2.75) is 257 Å². The van der Waals surface area contributed by atoms with E-state index in [0.29, 0.717) is 0 Å². The molecular weight excluding hydrogens is 1040 g/mol. The molecule has 0 spiro atoms. The Morgan fingerprint density at radius 1 is 0.165 bits per heavy atom. The van der Waals surface area contributed by atoms with E-state index >= 15 is 0 Å². The second kappa shape index (κ2) is 66.8. The van der Waals surface area contributed by atoms with Gasteiger partial charge in [0.15, 0.2) is 0 Å². The number of aliphatic carboxylic acids is 10. The minimum atomic E-state index is -1.11. The van der Waals surface area contributed by atoms with Gasteiger partial charge >= 0.3 is 59.7 Å². The normalized spacial score (nSPS) is 10.2. The van der Waals surface area contributed by atoms with Gasteiger partial charge in [-0.15, -0.1) is 0 Å². The summed E-state index contributed by atoms with van der Waals surface area (Å²) in [6.07, 6.45) is 29.1. The number of carboxylic acid groups (broad SMARTS) is 10. The van der Waals surface area contributed by atoms with Crippen molar-refractivity contribution >= 4 is 59.7 Å². The van der Waals surface area contributed by atoms with E-state index < -0.39 is 91.5 Å². The van der Waals surface area contributed by atoms with Gasteiger partial charge in [-0.05, 0) is 64.2 Å². The van der Waals surface area contributed by atoms with Crippen LogP contribution in [0.5, 0.6) is 0 Å². The molecule has 0 aromatic rings. The average molecular weight is 1150 g/mol.